The molecule has 232 valence electrons. The van der Waals surface area contributed by atoms with Gasteiger partial charge in [0, 0.05) is 47.5 Å². The van der Waals surface area contributed by atoms with Crippen molar-refractivity contribution in [2.75, 3.05) is 0 Å². The van der Waals surface area contributed by atoms with Gasteiger partial charge in [-0.2, -0.15) is 0 Å². The molecule has 0 spiro atoms. The molecule has 8 aromatic carbocycles. The van der Waals surface area contributed by atoms with Crippen LogP contribution in [0.5, 0.6) is 0 Å². The number of para-hydroxylation sites is 1. The molecule has 0 saturated heterocycles. The lowest BCUT2D eigenvalue weighted by Crippen LogP contribution is -1.96. The van der Waals surface area contributed by atoms with Gasteiger partial charge >= 0.3 is 0 Å². The van der Waals surface area contributed by atoms with E-state index in [0.29, 0.717) is 5.82 Å². The number of nitrogens with zero attached hydrogens (tertiary/aromatic N) is 2. The van der Waals surface area contributed by atoms with E-state index in [4.69, 9.17) is 14.4 Å². The predicted molar refractivity (Wildman–Crippen MR) is 211 cm³/mol. The minimum absolute atomic E-state index is 0.713. The maximum absolute atomic E-state index is 6.12. The summed E-state index contributed by atoms with van der Waals surface area (Å²) >= 11 is 1.85. The van der Waals surface area contributed by atoms with E-state index in [1.54, 1.807) is 0 Å². The van der Waals surface area contributed by atoms with E-state index in [1.165, 1.54) is 41.7 Å². The zero-order valence-corrected chi connectivity index (χ0v) is 27.5. The summed E-state index contributed by atoms with van der Waals surface area (Å²) in [5, 5.41) is 10.6. The second kappa shape index (κ2) is 10.6. The van der Waals surface area contributed by atoms with Crippen LogP contribution in [0.1, 0.15) is 0 Å². The topological polar surface area (TPSA) is 38.9 Å². The zero-order valence-electron chi connectivity index (χ0n) is 26.7. The molecule has 11 aromatic rings. The van der Waals surface area contributed by atoms with Crippen LogP contribution in [0.25, 0.3) is 108 Å². The third-order valence-electron chi connectivity index (χ3n) is 10.0. The first kappa shape index (κ1) is 27.6. The molecule has 3 nitrogen and oxygen atoms in total. The van der Waals surface area contributed by atoms with Gasteiger partial charge in [-0.3, -0.25) is 0 Å². The highest BCUT2D eigenvalue weighted by Crippen LogP contribution is 2.43. The van der Waals surface area contributed by atoms with Gasteiger partial charge in [0.15, 0.2) is 5.82 Å². The number of benzene rings is 8. The lowest BCUT2D eigenvalue weighted by Gasteiger charge is -2.12. The van der Waals surface area contributed by atoms with Gasteiger partial charge in [-0.25, -0.2) is 9.97 Å². The van der Waals surface area contributed by atoms with E-state index in [9.17, 15) is 0 Å². The second-order valence-corrected chi connectivity index (χ2v) is 14.0. The first-order valence-corrected chi connectivity index (χ1v) is 17.6. The number of furan rings is 1. The molecule has 0 amide bonds. The van der Waals surface area contributed by atoms with E-state index in [1.807, 2.05) is 23.5 Å². The average Bonchev–Trinajstić information content (AvgIpc) is 3.76. The van der Waals surface area contributed by atoms with E-state index in [-0.39, 0.29) is 0 Å². The van der Waals surface area contributed by atoms with Crippen LogP contribution in [0.2, 0.25) is 0 Å². The van der Waals surface area contributed by atoms with Crippen LogP contribution in [0.3, 0.4) is 0 Å². The number of hydrogen-bond acceptors (Lipinski definition) is 4. The maximum Gasteiger partial charge on any atom is 0.160 e. The summed E-state index contributed by atoms with van der Waals surface area (Å²) in [5.74, 6) is 0.713. The maximum atomic E-state index is 6.12. The molecule has 0 aliphatic carbocycles. The van der Waals surface area contributed by atoms with Gasteiger partial charge in [-0.15, -0.1) is 11.3 Å². The molecule has 0 fully saturated rings. The first-order chi connectivity index (χ1) is 24.7. The largest absolute Gasteiger partial charge is 0.456 e. The van der Waals surface area contributed by atoms with Crippen LogP contribution in [-0.4, -0.2) is 9.97 Å². The Labute approximate surface area is 290 Å². The Bertz CT molecular complexity index is 3170. The van der Waals surface area contributed by atoms with Gasteiger partial charge in [0.05, 0.1) is 11.2 Å². The lowest BCUT2D eigenvalue weighted by atomic mass is 9.98. The summed E-state index contributed by atoms with van der Waals surface area (Å²) in [6.07, 6.45) is 0. The normalized spacial score (nSPS) is 12.0. The Morgan fingerprint density at radius 1 is 0.420 bits per heavy atom. The van der Waals surface area contributed by atoms with E-state index < -0.39 is 0 Å². The number of rotatable bonds is 3. The van der Waals surface area contributed by atoms with E-state index >= 15 is 0 Å². The molecule has 3 aromatic heterocycles. The van der Waals surface area contributed by atoms with Crippen molar-refractivity contribution in [3.8, 4) is 33.8 Å². The smallest absolute Gasteiger partial charge is 0.160 e. The van der Waals surface area contributed by atoms with Gasteiger partial charge in [0.25, 0.3) is 0 Å². The summed E-state index contributed by atoms with van der Waals surface area (Å²) in [7, 11) is 0. The monoisotopic (exact) mass is 654 g/mol. The molecule has 0 saturated carbocycles. The van der Waals surface area contributed by atoms with Gasteiger partial charge in [0.2, 0.25) is 0 Å². The summed E-state index contributed by atoms with van der Waals surface area (Å²) in [4.78, 5) is 10.8. The molecule has 0 radical (unpaired) electrons. The predicted octanol–water partition coefficient (Wildman–Crippen LogP) is 13.2. The quantitative estimate of drug-likeness (QED) is 0.190. The Morgan fingerprint density at radius 3 is 2.08 bits per heavy atom. The number of fused-ring (bicyclic) bond motifs is 11. The number of thiophene rings is 1. The molecular weight excluding hydrogens is 629 g/mol. The van der Waals surface area contributed by atoms with Gasteiger partial charge in [0.1, 0.15) is 11.2 Å². The van der Waals surface area contributed by atoms with Gasteiger partial charge in [-0.1, -0.05) is 115 Å². The van der Waals surface area contributed by atoms with Crippen LogP contribution in [0.4, 0.5) is 0 Å². The Balaban J connectivity index is 1.17. The lowest BCUT2D eigenvalue weighted by molar-refractivity contribution is 0.669. The van der Waals surface area contributed by atoms with Crippen molar-refractivity contribution in [2.24, 2.45) is 0 Å². The molecule has 0 aliphatic heterocycles. The van der Waals surface area contributed by atoms with E-state index in [0.717, 1.165) is 60.8 Å². The highest BCUT2D eigenvalue weighted by atomic mass is 32.1. The van der Waals surface area contributed by atoms with Gasteiger partial charge < -0.3 is 4.42 Å². The van der Waals surface area contributed by atoms with Crippen molar-refractivity contribution in [1.82, 2.24) is 9.97 Å². The summed E-state index contributed by atoms with van der Waals surface area (Å²) in [5.41, 5.74) is 8.00. The molecule has 0 N–H and O–H groups in total. The second-order valence-electron chi connectivity index (χ2n) is 12.9. The fourth-order valence-corrected chi connectivity index (χ4v) is 8.85. The molecule has 4 heteroatoms. The third-order valence-corrected chi connectivity index (χ3v) is 11.2. The van der Waals surface area contributed by atoms with Crippen molar-refractivity contribution in [2.45, 2.75) is 0 Å². The Hall–Kier alpha value is -6.36. The third kappa shape index (κ3) is 4.16. The van der Waals surface area contributed by atoms with E-state index in [2.05, 4.69) is 146 Å². The SMILES string of the molecule is c1cc(-c2ccc3oc4ccccc4c3c2)cc(-c2nc(-c3ccc4ccccc4c3)c3ccc4sc5c6ccccc6ccc5c4c3n2)c1. The van der Waals surface area contributed by atoms with Crippen molar-refractivity contribution in [3.63, 3.8) is 0 Å². The molecule has 50 heavy (non-hydrogen) atoms. The molecule has 0 atom stereocenters. The minimum Gasteiger partial charge on any atom is -0.456 e. The van der Waals surface area contributed by atoms with Crippen LogP contribution >= 0.6 is 11.3 Å². The molecule has 0 bridgehead atoms. The standard InChI is InChI=1S/C46H26N2OS/c1-2-10-29-24-32(17-16-27(29)8-1)43-37-21-23-41-42(36-20-18-28-9-3-4-13-34(28)45(36)50-41)44(37)48-46(47-43)33-12-7-11-30(25-33)31-19-22-40-38(26-31)35-14-5-6-15-39(35)49-40/h1-26H. The van der Waals surface area contributed by atoms with Crippen molar-refractivity contribution < 1.29 is 4.42 Å². The van der Waals surface area contributed by atoms with Crippen LogP contribution in [0, 0.1) is 0 Å². The zero-order chi connectivity index (χ0) is 32.8. The first-order valence-electron chi connectivity index (χ1n) is 16.8. The summed E-state index contributed by atoms with van der Waals surface area (Å²) in [6, 6.07) is 56.0. The van der Waals surface area contributed by atoms with Crippen molar-refractivity contribution in [3.05, 3.63) is 158 Å². The highest BCUT2D eigenvalue weighted by molar-refractivity contribution is 7.26. The van der Waals surface area contributed by atoms with Crippen LogP contribution in [0.15, 0.2) is 162 Å². The van der Waals surface area contributed by atoms with Crippen molar-refractivity contribution in [1.29, 1.82) is 0 Å². The number of aromatic nitrogens is 2. The Kier molecular flexibility index (Phi) is 5.83. The molecule has 0 unspecified atom stereocenters. The summed E-state index contributed by atoms with van der Waals surface area (Å²) < 4.78 is 8.65. The molecule has 11 rings (SSSR count). The average molecular weight is 655 g/mol. The molecular formula is C46H26N2OS. The fourth-order valence-electron chi connectivity index (χ4n) is 7.61. The van der Waals surface area contributed by atoms with Crippen LogP contribution in [-0.2, 0) is 0 Å². The highest BCUT2D eigenvalue weighted by Gasteiger charge is 2.19. The molecule has 3 heterocycles. The minimum atomic E-state index is 0.713. The molecule has 0 aliphatic rings. The van der Waals surface area contributed by atoms with Gasteiger partial charge in [-0.05, 0) is 75.1 Å². The van der Waals surface area contributed by atoms with Crippen LogP contribution < -0.4 is 0 Å². The number of hydrogen-bond donors (Lipinski definition) is 0. The summed E-state index contributed by atoms with van der Waals surface area (Å²) in [6.45, 7) is 0. The fraction of sp³-hybridized carbons (Fsp3) is 0. The Morgan fingerprint density at radius 2 is 1.14 bits per heavy atom. The van der Waals surface area contributed by atoms with Crippen molar-refractivity contribution >= 4 is 85.9 Å².